The molecule has 1 N–H and O–H groups in total. The quantitative estimate of drug-likeness (QED) is 0.489. The topological polar surface area (TPSA) is 83.9 Å². The van der Waals surface area contributed by atoms with Gasteiger partial charge in [-0.3, -0.25) is 19.3 Å². The normalized spacial score (nSPS) is 17.6. The number of morpholine rings is 1. The smallest absolute Gasteiger partial charge is 0.294 e. The number of ether oxygens (including phenoxy) is 1. The van der Waals surface area contributed by atoms with Gasteiger partial charge in [-0.05, 0) is 62.0 Å². The van der Waals surface area contributed by atoms with Gasteiger partial charge in [0.1, 0.15) is 6.54 Å². The van der Waals surface area contributed by atoms with Crippen molar-refractivity contribution in [3.05, 3.63) is 65.2 Å². The lowest BCUT2D eigenvalue weighted by atomic mass is 10.1. The van der Waals surface area contributed by atoms with Crippen LogP contribution in [0.3, 0.4) is 0 Å². The molecule has 0 saturated carbocycles. The van der Waals surface area contributed by atoms with Crippen molar-refractivity contribution in [2.24, 2.45) is 0 Å². The average molecular weight is 505 g/mol. The van der Waals surface area contributed by atoms with E-state index in [-0.39, 0.29) is 12.6 Å². The molecule has 3 heterocycles. The number of nitrogens with one attached hydrogen (secondary N) is 1. The van der Waals surface area contributed by atoms with Gasteiger partial charge in [-0.15, -0.1) is 0 Å². The standard InChI is InChI=1S/C27H28N4O4S/c1-18(2)30-16-19(22-5-3-4-6-23(22)30)15-24-26(33)31(27(34)36-24)17-25(32)28-20-7-9-21(10-8-20)29-11-13-35-14-12-29/h3-10,15-16,18H,11-14,17H2,1-2H3,(H,28,32)/b24-15+. The molecule has 3 aromatic rings. The minimum Gasteiger partial charge on any atom is -0.378 e. The zero-order chi connectivity index (χ0) is 25.2. The third-order valence-corrected chi connectivity index (χ3v) is 7.22. The molecule has 0 spiro atoms. The summed E-state index contributed by atoms with van der Waals surface area (Å²) in [5.41, 5.74) is 3.61. The zero-order valence-electron chi connectivity index (χ0n) is 20.3. The number of anilines is 2. The maximum Gasteiger partial charge on any atom is 0.294 e. The second-order valence-corrected chi connectivity index (χ2v) is 10.1. The molecule has 0 bridgehead atoms. The van der Waals surface area contributed by atoms with Gasteiger partial charge >= 0.3 is 0 Å². The number of para-hydroxylation sites is 1. The fourth-order valence-electron chi connectivity index (χ4n) is 4.47. The molecular formula is C27H28N4O4S. The molecule has 9 heteroatoms. The first-order valence-corrected chi connectivity index (χ1v) is 12.8. The molecule has 8 nitrogen and oxygen atoms in total. The van der Waals surface area contributed by atoms with Crippen LogP contribution < -0.4 is 10.2 Å². The number of benzene rings is 2. The largest absolute Gasteiger partial charge is 0.378 e. The number of aromatic nitrogens is 1. The Kier molecular flexibility index (Phi) is 6.84. The van der Waals surface area contributed by atoms with E-state index in [1.807, 2.05) is 54.7 Å². The van der Waals surface area contributed by atoms with Gasteiger partial charge in [0.25, 0.3) is 11.1 Å². The average Bonchev–Trinajstić information content (AvgIpc) is 3.38. The van der Waals surface area contributed by atoms with Gasteiger partial charge < -0.3 is 19.5 Å². The monoisotopic (exact) mass is 504 g/mol. The van der Waals surface area contributed by atoms with E-state index in [1.54, 1.807) is 6.08 Å². The Morgan fingerprint density at radius 3 is 2.53 bits per heavy atom. The van der Waals surface area contributed by atoms with Crippen molar-refractivity contribution < 1.29 is 19.1 Å². The van der Waals surface area contributed by atoms with Gasteiger partial charge in [0.05, 0.1) is 18.1 Å². The van der Waals surface area contributed by atoms with Crippen LogP contribution in [0.15, 0.2) is 59.6 Å². The van der Waals surface area contributed by atoms with Crippen molar-refractivity contribution in [2.45, 2.75) is 19.9 Å². The predicted octanol–water partition coefficient (Wildman–Crippen LogP) is 4.73. The van der Waals surface area contributed by atoms with E-state index < -0.39 is 17.1 Å². The molecule has 5 rings (SSSR count). The van der Waals surface area contributed by atoms with Crippen molar-refractivity contribution in [2.75, 3.05) is 43.1 Å². The Morgan fingerprint density at radius 1 is 1.08 bits per heavy atom. The first kappa shape index (κ1) is 24.1. The third kappa shape index (κ3) is 4.89. The lowest BCUT2D eigenvalue weighted by molar-refractivity contribution is -0.127. The van der Waals surface area contributed by atoms with Crippen LogP contribution in [-0.4, -0.2) is 59.4 Å². The fraction of sp³-hybridized carbons (Fsp3) is 0.296. The molecule has 186 valence electrons. The summed E-state index contributed by atoms with van der Waals surface area (Å²) >= 11 is 0.862. The highest BCUT2D eigenvalue weighted by atomic mass is 32.2. The summed E-state index contributed by atoms with van der Waals surface area (Å²) in [6.07, 6.45) is 3.74. The fourth-order valence-corrected chi connectivity index (χ4v) is 5.30. The van der Waals surface area contributed by atoms with Gasteiger partial charge in [0.15, 0.2) is 0 Å². The molecule has 2 aliphatic rings. The summed E-state index contributed by atoms with van der Waals surface area (Å²) in [6.45, 7) is 6.92. The summed E-state index contributed by atoms with van der Waals surface area (Å²) in [7, 11) is 0. The van der Waals surface area contributed by atoms with E-state index >= 15 is 0 Å². The molecule has 2 aliphatic heterocycles. The molecule has 36 heavy (non-hydrogen) atoms. The van der Waals surface area contributed by atoms with E-state index in [2.05, 4.69) is 28.6 Å². The van der Waals surface area contributed by atoms with Gasteiger partial charge in [-0.25, -0.2) is 0 Å². The first-order chi connectivity index (χ1) is 17.4. The number of carbonyl (C=O) groups excluding carboxylic acids is 3. The maximum atomic E-state index is 13.0. The Balaban J connectivity index is 1.26. The summed E-state index contributed by atoms with van der Waals surface area (Å²) < 4.78 is 7.53. The molecule has 0 unspecified atom stereocenters. The van der Waals surface area contributed by atoms with Gasteiger partial charge in [-0.2, -0.15) is 0 Å². The highest BCUT2D eigenvalue weighted by Crippen LogP contribution is 2.34. The second kappa shape index (κ2) is 10.2. The van der Waals surface area contributed by atoms with Crippen molar-refractivity contribution in [3.63, 3.8) is 0 Å². The zero-order valence-corrected chi connectivity index (χ0v) is 21.1. The van der Waals surface area contributed by atoms with Crippen LogP contribution in [0.4, 0.5) is 16.2 Å². The summed E-state index contributed by atoms with van der Waals surface area (Å²) in [5.74, 6) is -0.877. The SMILES string of the molecule is CC(C)n1cc(/C=C2/SC(=O)N(CC(=O)Nc3ccc(N4CCOCC4)cc3)C2=O)c2ccccc21. The number of thioether (sulfide) groups is 1. The summed E-state index contributed by atoms with van der Waals surface area (Å²) in [5, 5.41) is 3.35. The summed E-state index contributed by atoms with van der Waals surface area (Å²) in [6, 6.07) is 15.7. The lowest BCUT2D eigenvalue weighted by Crippen LogP contribution is -2.36. The van der Waals surface area contributed by atoms with Crippen molar-refractivity contribution in [1.29, 1.82) is 0 Å². The maximum absolute atomic E-state index is 13.0. The van der Waals surface area contributed by atoms with Crippen LogP contribution in [-0.2, 0) is 14.3 Å². The molecule has 2 fully saturated rings. The van der Waals surface area contributed by atoms with E-state index in [0.717, 1.165) is 51.9 Å². The van der Waals surface area contributed by atoms with E-state index in [4.69, 9.17) is 4.74 Å². The number of hydrogen-bond acceptors (Lipinski definition) is 6. The summed E-state index contributed by atoms with van der Waals surface area (Å²) in [4.78, 5) is 41.8. The minimum absolute atomic E-state index is 0.249. The number of imide groups is 1. The molecule has 1 aromatic heterocycles. The van der Waals surface area contributed by atoms with E-state index in [1.165, 1.54) is 0 Å². The number of hydrogen-bond donors (Lipinski definition) is 1. The first-order valence-electron chi connectivity index (χ1n) is 12.0. The van der Waals surface area contributed by atoms with Crippen LogP contribution in [0.5, 0.6) is 0 Å². The molecule has 3 amide bonds. The number of nitrogens with zero attached hydrogens (tertiary/aromatic N) is 3. The van der Waals surface area contributed by atoms with E-state index in [0.29, 0.717) is 23.8 Å². The molecular weight excluding hydrogens is 476 g/mol. The lowest BCUT2D eigenvalue weighted by Gasteiger charge is -2.28. The molecule has 2 aromatic carbocycles. The van der Waals surface area contributed by atoms with Gasteiger partial charge in [0, 0.05) is 53.2 Å². The molecule has 0 aliphatic carbocycles. The minimum atomic E-state index is -0.454. The van der Waals surface area contributed by atoms with Gasteiger partial charge in [0.2, 0.25) is 5.91 Å². The number of amides is 3. The van der Waals surface area contributed by atoms with Crippen LogP contribution in [0.1, 0.15) is 25.5 Å². The second-order valence-electron chi connectivity index (χ2n) is 9.06. The molecule has 0 radical (unpaired) electrons. The van der Waals surface area contributed by atoms with Gasteiger partial charge in [-0.1, -0.05) is 18.2 Å². The third-order valence-electron chi connectivity index (χ3n) is 6.32. The Labute approximate surface area is 213 Å². The highest BCUT2D eigenvalue weighted by molar-refractivity contribution is 8.18. The van der Waals surface area contributed by atoms with Crippen LogP contribution in [0, 0.1) is 0 Å². The van der Waals surface area contributed by atoms with Crippen LogP contribution >= 0.6 is 11.8 Å². The Bertz CT molecular complexity index is 1340. The highest BCUT2D eigenvalue weighted by Gasteiger charge is 2.36. The van der Waals surface area contributed by atoms with Crippen LogP contribution in [0.25, 0.3) is 17.0 Å². The predicted molar refractivity (Wildman–Crippen MR) is 143 cm³/mol. The Morgan fingerprint density at radius 2 is 1.81 bits per heavy atom. The number of fused-ring (bicyclic) bond motifs is 1. The number of carbonyl (C=O) groups is 3. The van der Waals surface area contributed by atoms with Crippen molar-refractivity contribution >= 4 is 57.2 Å². The van der Waals surface area contributed by atoms with Crippen molar-refractivity contribution in [1.82, 2.24) is 9.47 Å². The molecule has 2 saturated heterocycles. The Hall–Kier alpha value is -3.56. The van der Waals surface area contributed by atoms with Crippen molar-refractivity contribution in [3.8, 4) is 0 Å². The molecule has 0 atom stereocenters. The van der Waals surface area contributed by atoms with E-state index in [9.17, 15) is 14.4 Å². The van der Waals surface area contributed by atoms with Crippen LogP contribution in [0.2, 0.25) is 0 Å². The number of rotatable bonds is 6.